The third kappa shape index (κ3) is 6.47. The molecule has 0 saturated carbocycles. The Morgan fingerprint density at radius 3 is 2.30 bits per heavy atom. The first-order valence-electron chi connectivity index (χ1n) is 8.52. The quantitative estimate of drug-likeness (QED) is 0.656. The molecule has 3 N–H and O–H groups in total. The van der Waals surface area contributed by atoms with Gasteiger partial charge in [-0.05, 0) is 36.8 Å². The molecular weight excluding hydrogens is 348 g/mol. The largest absolute Gasteiger partial charge is 0.484 e. The van der Waals surface area contributed by atoms with E-state index in [1.165, 1.54) is 12.1 Å². The third-order valence-electron chi connectivity index (χ3n) is 3.72. The second-order valence-corrected chi connectivity index (χ2v) is 5.72. The van der Waals surface area contributed by atoms with Crippen LogP contribution >= 0.6 is 0 Å². The molecule has 0 fully saturated rings. The number of primary amides is 1. The van der Waals surface area contributed by atoms with E-state index in [2.05, 4.69) is 5.32 Å². The van der Waals surface area contributed by atoms with Gasteiger partial charge in [-0.1, -0.05) is 30.3 Å². The topological polar surface area (TPSA) is 108 Å². The summed E-state index contributed by atoms with van der Waals surface area (Å²) in [4.78, 5) is 35.1. The van der Waals surface area contributed by atoms with Gasteiger partial charge >= 0.3 is 5.97 Å². The molecule has 7 nitrogen and oxygen atoms in total. The van der Waals surface area contributed by atoms with E-state index in [1.54, 1.807) is 19.1 Å². The van der Waals surface area contributed by atoms with Crippen molar-refractivity contribution in [3.63, 3.8) is 0 Å². The highest BCUT2D eigenvalue weighted by Gasteiger charge is 2.19. The molecule has 0 radical (unpaired) electrons. The maximum atomic E-state index is 12.3. The molecule has 0 aliphatic carbocycles. The van der Waals surface area contributed by atoms with Gasteiger partial charge in [-0.3, -0.25) is 14.4 Å². The maximum absolute atomic E-state index is 12.3. The minimum atomic E-state index is -0.538. The summed E-state index contributed by atoms with van der Waals surface area (Å²) in [5, 5.41) is 2.78. The van der Waals surface area contributed by atoms with Crippen molar-refractivity contribution in [1.82, 2.24) is 5.32 Å². The SMILES string of the molecule is CCOC(=O)CC(NC(=O)COc1ccc(C(N)=O)cc1)c1ccccc1. The molecule has 2 aromatic rings. The maximum Gasteiger partial charge on any atom is 0.308 e. The Morgan fingerprint density at radius 2 is 1.70 bits per heavy atom. The van der Waals surface area contributed by atoms with E-state index in [4.69, 9.17) is 15.2 Å². The lowest BCUT2D eigenvalue weighted by molar-refractivity contribution is -0.143. The van der Waals surface area contributed by atoms with Crippen LogP contribution < -0.4 is 15.8 Å². The zero-order valence-electron chi connectivity index (χ0n) is 15.0. The van der Waals surface area contributed by atoms with Crippen molar-refractivity contribution in [3.8, 4) is 5.75 Å². The van der Waals surface area contributed by atoms with Crippen molar-refractivity contribution in [2.75, 3.05) is 13.2 Å². The Hall–Kier alpha value is -3.35. The van der Waals surface area contributed by atoms with Crippen LogP contribution in [-0.4, -0.2) is 31.0 Å². The van der Waals surface area contributed by atoms with Gasteiger partial charge in [-0.15, -0.1) is 0 Å². The second-order valence-electron chi connectivity index (χ2n) is 5.72. The Bertz CT molecular complexity index is 775. The first kappa shape index (κ1) is 20.0. The number of hydrogen-bond donors (Lipinski definition) is 2. The Labute approximate surface area is 157 Å². The van der Waals surface area contributed by atoms with E-state index >= 15 is 0 Å². The Morgan fingerprint density at radius 1 is 1.04 bits per heavy atom. The summed E-state index contributed by atoms with van der Waals surface area (Å²) in [6, 6.07) is 14.8. The van der Waals surface area contributed by atoms with Crippen LogP contribution in [0.5, 0.6) is 5.75 Å². The van der Waals surface area contributed by atoms with Crippen LogP contribution in [0.25, 0.3) is 0 Å². The Balaban J connectivity index is 1.96. The first-order valence-corrected chi connectivity index (χ1v) is 8.52. The van der Waals surface area contributed by atoms with Crippen molar-refractivity contribution < 1.29 is 23.9 Å². The fraction of sp³-hybridized carbons (Fsp3) is 0.250. The van der Waals surface area contributed by atoms with Crippen molar-refractivity contribution in [3.05, 3.63) is 65.7 Å². The van der Waals surface area contributed by atoms with Gasteiger partial charge < -0.3 is 20.5 Å². The average Bonchev–Trinajstić information content (AvgIpc) is 2.67. The highest BCUT2D eigenvalue weighted by atomic mass is 16.5. The molecule has 0 aromatic heterocycles. The van der Waals surface area contributed by atoms with Crippen LogP contribution in [-0.2, 0) is 14.3 Å². The van der Waals surface area contributed by atoms with Crippen LogP contribution in [0, 0.1) is 0 Å². The predicted molar refractivity (Wildman–Crippen MR) is 99.0 cm³/mol. The number of nitrogens with two attached hydrogens (primary N) is 1. The standard InChI is InChI=1S/C20H22N2O5/c1-2-26-19(24)12-17(14-6-4-3-5-7-14)22-18(23)13-27-16-10-8-15(9-11-16)20(21)25/h3-11,17H,2,12-13H2,1H3,(H2,21,25)(H,22,23). The zero-order chi connectivity index (χ0) is 19.6. The molecule has 1 atom stereocenters. The summed E-state index contributed by atoms with van der Waals surface area (Å²) in [6.07, 6.45) is 0.0247. The second kappa shape index (κ2) is 9.96. The molecule has 27 heavy (non-hydrogen) atoms. The number of ether oxygens (including phenoxy) is 2. The molecule has 2 rings (SSSR count). The lowest BCUT2D eigenvalue weighted by atomic mass is 10.0. The van der Waals surface area contributed by atoms with Gasteiger partial charge in [0.05, 0.1) is 19.1 Å². The fourth-order valence-electron chi connectivity index (χ4n) is 2.42. The van der Waals surface area contributed by atoms with E-state index in [9.17, 15) is 14.4 Å². The van der Waals surface area contributed by atoms with Gasteiger partial charge in [0.15, 0.2) is 6.61 Å². The molecule has 0 heterocycles. The first-order chi connectivity index (χ1) is 13.0. The number of nitrogens with one attached hydrogen (secondary N) is 1. The van der Waals surface area contributed by atoms with E-state index in [1.807, 2.05) is 30.3 Å². The molecule has 0 spiro atoms. The number of amides is 2. The highest BCUT2D eigenvalue weighted by molar-refractivity contribution is 5.92. The zero-order valence-corrected chi connectivity index (χ0v) is 15.0. The summed E-state index contributed by atoms with van der Waals surface area (Å²) in [5.74, 6) is -0.887. The smallest absolute Gasteiger partial charge is 0.308 e. The summed E-state index contributed by atoms with van der Waals surface area (Å²) in [7, 11) is 0. The lowest BCUT2D eigenvalue weighted by Crippen LogP contribution is -2.34. The van der Waals surface area contributed by atoms with Crippen molar-refractivity contribution in [2.24, 2.45) is 5.73 Å². The van der Waals surface area contributed by atoms with Gasteiger partial charge in [0, 0.05) is 5.56 Å². The van der Waals surface area contributed by atoms with Gasteiger partial charge in [0.1, 0.15) is 5.75 Å². The number of hydrogen-bond acceptors (Lipinski definition) is 5. The number of benzene rings is 2. The number of carbonyl (C=O) groups excluding carboxylic acids is 3. The van der Waals surface area contributed by atoms with Crippen molar-refractivity contribution in [2.45, 2.75) is 19.4 Å². The summed E-state index contributed by atoms with van der Waals surface area (Å²) in [6.45, 7) is 1.77. The third-order valence-corrected chi connectivity index (χ3v) is 3.72. The van der Waals surface area contributed by atoms with E-state index in [0.29, 0.717) is 11.3 Å². The molecule has 2 amide bonds. The highest BCUT2D eigenvalue weighted by Crippen LogP contribution is 2.17. The number of carbonyl (C=O) groups is 3. The monoisotopic (exact) mass is 370 g/mol. The molecule has 0 bridgehead atoms. The van der Waals surface area contributed by atoms with Crippen LogP contribution in [0.2, 0.25) is 0 Å². The number of rotatable bonds is 9. The molecule has 2 aromatic carbocycles. The van der Waals surface area contributed by atoms with Gasteiger partial charge in [-0.2, -0.15) is 0 Å². The Kier molecular flexibility index (Phi) is 7.37. The molecule has 1 unspecified atom stereocenters. The molecule has 0 aliphatic heterocycles. The average molecular weight is 370 g/mol. The van der Waals surface area contributed by atoms with Crippen LogP contribution in [0.1, 0.15) is 35.3 Å². The molecule has 7 heteroatoms. The van der Waals surface area contributed by atoms with Crippen molar-refractivity contribution >= 4 is 17.8 Å². The van der Waals surface area contributed by atoms with Gasteiger partial charge in [0.2, 0.25) is 5.91 Å². The molecule has 0 aliphatic rings. The molecule has 142 valence electrons. The van der Waals surface area contributed by atoms with Gasteiger partial charge in [0.25, 0.3) is 5.91 Å². The van der Waals surface area contributed by atoms with Crippen molar-refractivity contribution in [1.29, 1.82) is 0 Å². The van der Waals surface area contributed by atoms with Crippen LogP contribution in [0.4, 0.5) is 0 Å². The van der Waals surface area contributed by atoms with Crippen LogP contribution in [0.15, 0.2) is 54.6 Å². The minimum absolute atomic E-state index is 0.0247. The van der Waals surface area contributed by atoms with E-state index in [0.717, 1.165) is 5.56 Å². The fourth-order valence-corrected chi connectivity index (χ4v) is 2.42. The van der Waals surface area contributed by atoms with Crippen LogP contribution in [0.3, 0.4) is 0 Å². The lowest BCUT2D eigenvalue weighted by Gasteiger charge is -2.18. The van der Waals surface area contributed by atoms with E-state index in [-0.39, 0.29) is 25.5 Å². The van der Waals surface area contributed by atoms with Gasteiger partial charge in [-0.25, -0.2) is 0 Å². The van der Waals surface area contributed by atoms with E-state index < -0.39 is 17.9 Å². The summed E-state index contributed by atoms with van der Waals surface area (Å²) >= 11 is 0. The number of esters is 1. The molecular formula is C20H22N2O5. The molecule has 0 saturated heterocycles. The normalized spacial score (nSPS) is 11.3. The summed E-state index contributed by atoms with van der Waals surface area (Å²) < 4.78 is 10.4. The predicted octanol–water partition coefficient (Wildman–Crippen LogP) is 1.97. The minimum Gasteiger partial charge on any atom is -0.484 e. The summed E-state index contributed by atoms with van der Waals surface area (Å²) in [5.41, 5.74) is 6.32.